The topological polar surface area (TPSA) is 149 Å². The van der Waals surface area contributed by atoms with Gasteiger partial charge in [0.25, 0.3) is 5.69 Å². The largest absolute Gasteiger partial charge is 0.378 e. The molecule has 0 saturated carbocycles. The summed E-state index contributed by atoms with van der Waals surface area (Å²) in [7, 11) is 0. The number of nitro groups is 2. The van der Waals surface area contributed by atoms with Crippen LogP contribution in [0.15, 0.2) is 89.0 Å². The number of hydrogen-bond donors (Lipinski definition) is 2. The predicted molar refractivity (Wildman–Crippen MR) is 154 cm³/mol. The molecule has 4 aromatic carbocycles. The fraction of sp³-hybridized carbons (Fsp3) is 0.0400. The van der Waals surface area contributed by atoms with Crippen LogP contribution in [-0.2, 0) is 0 Å². The van der Waals surface area contributed by atoms with E-state index in [1.165, 1.54) is 17.8 Å². The van der Waals surface area contributed by atoms with E-state index in [9.17, 15) is 20.2 Å². The van der Waals surface area contributed by atoms with Gasteiger partial charge in [-0.05, 0) is 29.7 Å². The van der Waals surface area contributed by atoms with Gasteiger partial charge in [0, 0.05) is 22.8 Å². The van der Waals surface area contributed by atoms with Crippen LogP contribution in [0.1, 0.15) is 5.56 Å². The molecule has 0 aliphatic heterocycles. The summed E-state index contributed by atoms with van der Waals surface area (Å²) in [4.78, 5) is 25.6. The van der Waals surface area contributed by atoms with Crippen LogP contribution in [0.4, 0.5) is 22.7 Å². The highest BCUT2D eigenvalue weighted by atomic mass is 35.5. The first-order chi connectivity index (χ1) is 18.2. The van der Waals surface area contributed by atoms with Crippen LogP contribution in [-0.4, -0.2) is 26.5 Å². The number of amidine groups is 1. The third-order valence-electron chi connectivity index (χ3n) is 5.31. The average Bonchev–Trinajstić information content (AvgIpc) is 2.90. The SMILES string of the molecule is NC(=Nc1cccc2ccccc12)SC/C(=N/Nc1ccc([N+](=O)[O-])cc1[N+](=O)[O-])c1ccc(Cl)c(Cl)c1. The van der Waals surface area contributed by atoms with E-state index >= 15 is 0 Å². The van der Waals surface area contributed by atoms with Gasteiger partial charge in [-0.2, -0.15) is 5.10 Å². The van der Waals surface area contributed by atoms with Crippen LogP contribution in [0.3, 0.4) is 0 Å². The third kappa shape index (κ3) is 6.38. The molecule has 0 radical (unpaired) electrons. The number of hydrazone groups is 1. The predicted octanol–water partition coefficient (Wildman–Crippen LogP) is 7.16. The Morgan fingerprint density at radius 2 is 1.68 bits per heavy atom. The quantitative estimate of drug-likeness (QED) is 0.0989. The van der Waals surface area contributed by atoms with Crippen molar-refractivity contribution in [3.8, 4) is 0 Å². The molecule has 0 aliphatic rings. The van der Waals surface area contributed by atoms with Crippen molar-refractivity contribution in [3.63, 3.8) is 0 Å². The van der Waals surface area contributed by atoms with Crippen molar-refractivity contribution < 1.29 is 9.85 Å². The first-order valence-corrected chi connectivity index (χ1v) is 12.6. The maximum absolute atomic E-state index is 11.5. The van der Waals surface area contributed by atoms with Gasteiger partial charge in [-0.15, -0.1) is 0 Å². The molecule has 0 aliphatic carbocycles. The van der Waals surface area contributed by atoms with Crippen molar-refractivity contribution in [1.29, 1.82) is 0 Å². The Balaban J connectivity index is 1.64. The van der Waals surface area contributed by atoms with Crippen LogP contribution in [0.5, 0.6) is 0 Å². The number of nitrogens with zero attached hydrogens (tertiary/aromatic N) is 4. The number of nitrogens with two attached hydrogens (primary N) is 1. The molecule has 0 bridgehead atoms. The van der Waals surface area contributed by atoms with Crippen molar-refractivity contribution in [3.05, 3.63) is 115 Å². The minimum atomic E-state index is -0.729. The molecule has 0 saturated heterocycles. The molecule has 0 fully saturated rings. The zero-order valence-corrected chi connectivity index (χ0v) is 21.7. The second kappa shape index (κ2) is 11.9. The van der Waals surface area contributed by atoms with Crippen LogP contribution < -0.4 is 11.2 Å². The van der Waals surface area contributed by atoms with Crippen molar-refractivity contribution >= 4 is 79.4 Å². The lowest BCUT2D eigenvalue weighted by Crippen LogP contribution is -2.14. The Morgan fingerprint density at radius 3 is 2.42 bits per heavy atom. The minimum Gasteiger partial charge on any atom is -0.378 e. The van der Waals surface area contributed by atoms with E-state index in [1.54, 1.807) is 18.2 Å². The Kier molecular flexibility index (Phi) is 8.41. The molecule has 0 amide bonds. The van der Waals surface area contributed by atoms with Crippen LogP contribution in [0.2, 0.25) is 10.0 Å². The number of aliphatic imine (C=N–C) groups is 1. The molecule has 0 atom stereocenters. The van der Waals surface area contributed by atoms with Gasteiger partial charge in [0.05, 0.1) is 37.4 Å². The lowest BCUT2D eigenvalue weighted by atomic mass is 10.1. The standard InChI is InChI=1S/C25H18Cl2N6O4S/c26-19-10-8-16(12-20(19)27)23(31-30-22-11-9-17(32(34)35)13-24(22)33(36)37)14-38-25(28)29-21-7-3-5-15-4-1-2-6-18(15)21/h1-13,30H,14H2,(H2,28,29)/b31-23-. The first-order valence-electron chi connectivity index (χ1n) is 10.9. The number of thioether (sulfide) groups is 1. The maximum Gasteiger partial charge on any atom is 0.301 e. The van der Waals surface area contributed by atoms with Crippen molar-refractivity contribution in [2.45, 2.75) is 0 Å². The molecule has 192 valence electrons. The fourth-order valence-electron chi connectivity index (χ4n) is 3.46. The van der Waals surface area contributed by atoms with Gasteiger partial charge in [0.15, 0.2) is 5.17 Å². The molecular weight excluding hydrogens is 551 g/mol. The van der Waals surface area contributed by atoms with E-state index in [4.69, 9.17) is 28.9 Å². The van der Waals surface area contributed by atoms with Gasteiger partial charge in [-0.25, -0.2) is 4.99 Å². The summed E-state index contributed by atoms with van der Waals surface area (Å²) in [5.74, 6) is 0.214. The molecule has 13 heteroatoms. The number of anilines is 1. The number of nitrogens with one attached hydrogen (secondary N) is 1. The number of halogens is 2. The minimum absolute atomic E-state index is 0.0273. The summed E-state index contributed by atoms with van der Waals surface area (Å²) in [5, 5.41) is 29.8. The van der Waals surface area contributed by atoms with E-state index in [-0.39, 0.29) is 16.6 Å². The summed E-state index contributed by atoms with van der Waals surface area (Å²) >= 11 is 13.5. The lowest BCUT2D eigenvalue weighted by Gasteiger charge is -2.10. The highest BCUT2D eigenvalue weighted by Crippen LogP contribution is 2.30. The number of rotatable bonds is 8. The molecule has 10 nitrogen and oxygen atoms in total. The van der Waals surface area contributed by atoms with Gasteiger partial charge in [0.2, 0.25) is 0 Å². The summed E-state index contributed by atoms with van der Waals surface area (Å²) in [5.41, 5.74) is 9.66. The second-order valence-corrected chi connectivity index (χ2v) is 9.56. The summed E-state index contributed by atoms with van der Waals surface area (Å²) in [6.07, 6.45) is 0. The summed E-state index contributed by atoms with van der Waals surface area (Å²) in [6.45, 7) is 0. The zero-order valence-electron chi connectivity index (χ0n) is 19.4. The maximum atomic E-state index is 11.5. The average molecular weight is 569 g/mol. The smallest absolute Gasteiger partial charge is 0.301 e. The van der Waals surface area contributed by atoms with E-state index in [1.807, 2.05) is 42.5 Å². The zero-order chi connectivity index (χ0) is 27.2. The van der Waals surface area contributed by atoms with E-state index in [0.29, 0.717) is 27.0 Å². The number of hydrogen-bond acceptors (Lipinski definition) is 8. The van der Waals surface area contributed by atoms with Gasteiger partial charge in [0.1, 0.15) is 5.69 Å². The van der Waals surface area contributed by atoms with E-state index in [2.05, 4.69) is 15.5 Å². The molecule has 0 unspecified atom stereocenters. The molecule has 38 heavy (non-hydrogen) atoms. The monoisotopic (exact) mass is 568 g/mol. The van der Waals surface area contributed by atoms with Crippen molar-refractivity contribution in [2.75, 3.05) is 11.2 Å². The number of nitro benzene ring substituents is 2. The number of benzene rings is 4. The van der Waals surface area contributed by atoms with Gasteiger partial charge < -0.3 is 5.73 Å². The van der Waals surface area contributed by atoms with Crippen molar-refractivity contribution in [1.82, 2.24) is 0 Å². The summed E-state index contributed by atoms with van der Waals surface area (Å²) < 4.78 is 0. The molecule has 0 heterocycles. The van der Waals surface area contributed by atoms with Crippen molar-refractivity contribution in [2.24, 2.45) is 15.8 Å². The normalized spacial score (nSPS) is 11.9. The van der Waals surface area contributed by atoms with Crippen LogP contribution >= 0.6 is 35.0 Å². The Hall–Kier alpha value is -4.19. The number of non-ortho nitro benzene ring substituents is 1. The molecule has 3 N–H and O–H groups in total. The lowest BCUT2D eigenvalue weighted by molar-refractivity contribution is -0.393. The molecule has 4 aromatic rings. The Bertz CT molecular complexity index is 1610. The van der Waals surface area contributed by atoms with Gasteiger partial charge in [-0.3, -0.25) is 25.7 Å². The van der Waals surface area contributed by atoms with E-state index in [0.717, 1.165) is 22.9 Å². The Morgan fingerprint density at radius 1 is 0.921 bits per heavy atom. The van der Waals surface area contributed by atoms with Gasteiger partial charge in [-0.1, -0.05) is 77.4 Å². The molecule has 4 rings (SSSR count). The molecule has 0 spiro atoms. The first kappa shape index (κ1) is 26.9. The second-order valence-electron chi connectivity index (χ2n) is 7.75. The summed E-state index contributed by atoms with van der Waals surface area (Å²) in [6, 6.07) is 21.7. The van der Waals surface area contributed by atoms with E-state index < -0.39 is 21.2 Å². The van der Waals surface area contributed by atoms with Gasteiger partial charge >= 0.3 is 5.69 Å². The highest BCUT2D eigenvalue weighted by molar-refractivity contribution is 8.14. The highest BCUT2D eigenvalue weighted by Gasteiger charge is 2.20. The number of fused-ring (bicyclic) bond motifs is 1. The molecular formula is C25H18Cl2N6O4S. The fourth-order valence-corrected chi connectivity index (χ4v) is 4.44. The van der Waals surface area contributed by atoms with Crippen LogP contribution in [0.25, 0.3) is 10.8 Å². The Labute approximate surface area is 230 Å². The van der Waals surface area contributed by atoms with Crippen LogP contribution in [0, 0.1) is 20.2 Å². The molecule has 0 aromatic heterocycles. The third-order valence-corrected chi connectivity index (χ3v) is 6.85.